The van der Waals surface area contributed by atoms with Gasteiger partial charge in [-0.1, -0.05) is 25.4 Å². The lowest BCUT2D eigenvalue weighted by atomic mass is 10.0. The summed E-state index contributed by atoms with van der Waals surface area (Å²) >= 11 is 5.97. The molecule has 0 aromatic heterocycles. The molecule has 0 saturated carbocycles. The molecule has 0 bridgehead atoms. The smallest absolute Gasteiger partial charge is 0.226 e. The van der Waals surface area contributed by atoms with Crippen LogP contribution in [0.3, 0.4) is 0 Å². The van der Waals surface area contributed by atoms with E-state index in [4.69, 9.17) is 17.3 Å². The molecule has 0 radical (unpaired) electrons. The van der Waals surface area contributed by atoms with Crippen LogP contribution in [0.4, 0.5) is 11.4 Å². The van der Waals surface area contributed by atoms with Gasteiger partial charge >= 0.3 is 0 Å². The van der Waals surface area contributed by atoms with Crippen molar-refractivity contribution in [2.45, 2.75) is 26.3 Å². The van der Waals surface area contributed by atoms with Crippen LogP contribution in [-0.4, -0.2) is 26.0 Å². The van der Waals surface area contributed by atoms with E-state index in [1.807, 2.05) is 38.9 Å². The average molecular weight is 284 g/mol. The first-order chi connectivity index (χ1) is 8.81. The zero-order valence-corrected chi connectivity index (χ0v) is 12.7. The molecule has 4 nitrogen and oxygen atoms in total. The van der Waals surface area contributed by atoms with Crippen LogP contribution in [0, 0.1) is 5.92 Å². The summed E-state index contributed by atoms with van der Waals surface area (Å²) in [6, 6.07) is 5.28. The monoisotopic (exact) mass is 283 g/mol. The summed E-state index contributed by atoms with van der Waals surface area (Å²) in [6.07, 6.45) is 0.303. The molecule has 1 atom stereocenters. The maximum atomic E-state index is 12.0. The minimum Gasteiger partial charge on any atom is -0.376 e. The number of hydrogen-bond donors (Lipinski definition) is 2. The number of nitrogens with one attached hydrogen (secondary N) is 1. The fraction of sp³-hybridized carbons (Fsp3) is 0.500. The van der Waals surface area contributed by atoms with Gasteiger partial charge in [-0.05, 0) is 24.1 Å². The molecule has 0 fully saturated rings. The fourth-order valence-corrected chi connectivity index (χ4v) is 1.82. The Hall–Kier alpha value is -1.26. The molecule has 0 saturated heterocycles. The third-order valence-corrected chi connectivity index (χ3v) is 3.23. The van der Waals surface area contributed by atoms with E-state index in [0.717, 1.165) is 5.69 Å². The number of rotatable bonds is 5. The van der Waals surface area contributed by atoms with Gasteiger partial charge in [-0.3, -0.25) is 4.79 Å². The predicted molar refractivity (Wildman–Crippen MR) is 81.8 cm³/mol. The zero-order valence-electron chi connectivity index (χ0n) is 11.9. The van der Waals surface area contributed by atoms with Gasteiger partial charge in [0, 0.05) is 31.6 Å². The molecule has 0 aliphatic carbocycles. The Morgan fingerprint density at radius 2 is 2.05 bits per heavy atom. The Morgan fingerprint density at radius 1 is 1.42 bits per heavy atom. The first kappa shape index (κ1) is 15.8. The molecule has 106 valence electrons. The number of hydrogen-bond acceptors (Lipinski definition) is 3. The molecular formula is C14H22ClN3O. The lowest BCUT2D eigenvalue weighted by Crippen LogP contribution is -2.31. The minimum atomic E-state index is -0.137. The Kier molecular flexibility index (Phi) is 5.63. The number of benzene rings is 1. The van der Waals surface area contributed by atoms with Gasteiger partial charge in [-0.15, -0.1) is 0 Å². The number of amides is 1. The molecule has 1 unspecified atom stereocenters. The lowest BCUT2D eigenvalue weighted by molar-refractivity contribution is -0.116. The topological polar surface area (TPSA) is 58.4 Å². The second kappa shape index (κ2) is 6.78. The number of carbonyl (C=O) groups excluding carboxylic acids is 1. The van der Waals surface area contributed by atoms with Crippen molar-refractivity contribution < 1.29 is 4.79 Å². The summed E-state index contributed by atoms with van der Waals surface area (Å²) in [5.41, 5.74) is 7.52. The van der Waals surface area contributed by atoms with E-state index < -0.39 is 0 Å². The van der Waals surface area contributed by atoms with E-state index in [-0.39, 0.29) is 17.9 Å². The van der Waals surface area contributed by atoms with Crippen LogP contribution in [0.2, 0.25) is 5.02 Å². The number of nitrogens with two attached hydrogens (primary N) is 1. The van der Waals surface area contributed by atoms with E-state index >= 15 is 0 Å². The molecule has 1 aromatic carbocycles. The summed E-state index contributed by atoms with van der Waals surface area (Å²) in [5, 5.41) is 3.47. The second-order valence-corrected chi connectivity index (χ2v) is 5.65. The van der Waals surface area contributed by atoms with Crippen molar-refractivity contribution >= 4 is 28.9 Å². The van der Waals surface area contributed by atoms with Gasteiger partial charge in [0.2, 0.25) is 5.91 Å². The van der Waals surface area contributed by atoms with E-state index in [0.29, 0.717) is 17.1 Å². The van der Waals surface area contributed by atoms with Gasteiger partial charge in [0.25, 0.3) is 0 Å². The van der Waals surface area contributed by atoms with Gasteiger partial charge in [0.1, 0.15) is 0 Å². The number of carbonyl (C=O) groups is 1. The fourth-order valence-electron chi connectivity index (χ4n) is 1.65. The number of anilines is 2. The second-order valence-electron chi connectivity index (χ2n) is 5.22. The maximum Gasteiger partial charge on any atom is 0.226 e. The van der Waals surface area contributed by atoms with E-state index in [2.05, 4.69) is 5.32 Å². The molecule has 1 aromatic rings. The molecule has 1 amide bonds. The van der Waals surface area contributed by atoms with Crippen LogP contribution >= 0.6 is 11.6 Å². The largest absolute Gasteiger partial charge is 0.376 e. The lowest BCUT2D eigenvalue weighted by Gasteiger charge is -2.20. The normalized spacial score (nSPS) is 12.4. The Morgan fingerprint density at radius 3 is 2.58 bits per heavy atom. The van der Waals surface area contributed by atoms with Crippen LogP contribution in [0.25, 0.3) is 0 Å². The highest BCUT2D eigenvalue weighted by atomic mass is 35.5. The Balaban J connectivity index is 2.81. The van der Waals surface area contributed by atoms with Crippen molar-refractivity contribution in [3.05, 3.63) is 23.2 Å². The summed E-state index contributed by atoms with van der Waals surface area (Å²) < 4.78 is 0. The van der Waals surface area contributed by atoms with Crippen LogP contribution in [0.15, 0.2) is 18.2 Å². The van der Waals surface area contributed by atoms with Crippen LogP contribution in [0.1, 0.15) is 20.3 Å². The van der Waals surface area contributed by atoms with Crippen LogP contribution in [-0.2, 0) is 4.79 Å². The van der Waals surface area contributed by atoms with E-state index in [9.17, 15) is 4.79 Å². The highest BCUT2D eigenvalue weighted by molar-refractivity contribution is 6.31. The first-order valence-corrected chi connectivity index (χ1v) is 6.71. The summed E-state index contributed by atoms with van der Waals surface area (Å²) in [4.78, 5) is 13.9. The van der Waals surface area contributed by atoms with E-state index in [1.54, 1.807) is 12.1 Å². The van der Waals surface area contributed by atoms with Crippen LogP contribution < -0.4 is 16.0 Å². The molecule has 0 spiro atoms. The number of nitrogens with zero attached hydrogens (tertiary/aromatic N) is 1. The SMILES string of the molecule is CC(C)C(N)CC(=O)Nc1cc(Cl)ccc1N(C)C. The van der Waals surface area contributed by atoms with Crippen molar-refractivity contribution in [3.8, 4) is 0 Å². The standard InChI is InChI=1S/C14H22ClN3O/c1-9(2)11(16)8-14(19)17-12-7-10(15)5-6-13(12)18(3)4/h5-7,9,11H,8,16H2,1-4H3,(H,17,19). The molecule has 19 heavy (non-hydrogen) atoms. The molecule has 0 aliphatic rings. The van der Waals surface area contributed by atoms with Crippen molar-refractivity contribution in [1.29, 1.82) is 0 Å². The van der Waals surface area contributed by atoms with Crippen molar-refractivity contribution in [1.82, 2.24) is 0 Å². The zero-order chi connectivity index (χ0) is 14.6. The van der Waals surface area contributed by atoms with Crippen molar-refractivity contribution in [2.24, 2.45) is 11.7 Å². The average Bonchev–Trinajstić information content (AvgIpc) is 2.27. The van der Waals surface area contributed by atoms with Gasteiger partial charge < -0.3 is 16.0 Å². The van der Waals surface area contributed by atoms with Crippen molar-refractivity contribution in [3.63, 3.8) is 0 Å². The molecule has 0 aliphatic heterocycles. The van der Waals surface area contributed by atoms with Gasteiger partial charge in [-0.2, -0.15) is 0 Å². The minimum absolute atomic E-state index is 0.0911. The van der Waals surface area contributed by atoms with Gasteiger partial charge in [0.15, 0.2) is 0 Å². The molecule has 5 heteroatoms. The first-order valence-electron chi connectivity index (χ1n) is 6.33. The third kappa shape index (κ3) is 4.73. The third-order valence-electron chi connectivity index (χ3n) is 2.99. The van der Waals surface area contributed by atoms with E-state index in [1.165, 1.54) is 0 Å². The molecule has 3 N–H and O–H groups in total. The van der Waals surface area contributed by atoms with Crippen molar-refractivity contribution in [2.75, 3.05) is 24.3 Å². The quantitative estimate of drug-likeness (QED) is 0.873. The number of halogens is 1. The highest BCUT2D eigenvalue weighted by Gasteiger charge is 2.15. The summed E-state index contributed by atoms with van der Waals surface area (Å²) in [5.74, 6) is 0.185. The Bertz CT molecular complexity index is 446. The summed E-state index contributed by atoms with van der Waals surface area (Å²) in [6.45, 7) is 4.01. The van der Waals surface area contributed by atoms with Gasteiger partial charge in [0.05, 0.1) is 11.4 Å². The predicted octanol–water partition coefficient (Wildman–Crippen LogP) is 2.72. The van der Waals surface area contributed by atoms with Gasteiger partial charge in [-0.25, -0.2) is 0 Å². The highest BCUT2D eigenvalue weighted by Crippen LogP contribution is 2.28. The molecule has 0 heterocycles. The Labute approximate surface area is 119 Å². The maximum absolute atomic E-state index is 12.0. The molecular weight excluding hydrogens is 262 g/mol. The molecule has 1 rings (SSSR count). The summed E-state index contributed by atoms with van der Waals surface area (Å²) in [7, 11) is 3.83. The van der Waals surface area contributed by atoms with Crippen LogP contribution in [0.5, 0.6) is 0 Å².